The molecule has 102 valence electrons. The number of rotatable bonds is 2. The van der Waals surface area contributed by atoms with Gasteiger partial charge in [-0.2, -0.15) is 13.2 Å². The van der Waals surface area contributed by atoms with E-state index in [0.29, 0.717) is 11.3 Å². The first-order chi connectivity index (χ1) is 9.52. The summed E-state index contributed by atoms with van der Waals surface area (Å²) in [4.78, 5) is 0.841. The molecule has 0 amide bonds. The Morgan fingerprint density at radius 3 is 2.40 bits per heavy atom. The lowest BCUT2D eigenvalue weighted by atomic mass is 10.1. The van der Waals surface area contributed by atoms with Crippen molar-refractivity contribution in [3.63, 3.8) is 0 Å². The molecule has 1 aromatic heterocycles. The zero-order chi connectivity index (χ0) is 14.2. The average Bonchev–Trinajstić information content (AvgIpc) is 2.87. The SMILES string of the molecule is FC(F)(F)c1nnc(Sc2ccc3ccccc3c2)s1. The fraction of sp³-hybridized carbons (Fsp3) is 0.0769. The quantitative estimate of drug-likeness (QED) is 0.676. The van der Waals surface area contributed by atoms with E-state index in [1.54, 1.807) is 0 Å². The minimum atomic E-state index is -4.43. The van der Waals surface area contributed by atoms with Gasteiger partial charge < -0.3 is 0 Å². The van der Waals surface area contributed by atoms with Gasteiger partial charge in [-0.25, -0.2) is 0 Å². The molecule has 0 radical (unpaired) electrons. The first-order valence-electron chi connectivity index (χ1n) is 5.60. The second-order valence-electron chi connectivity index (χ2n) is 3.98. The Balaban J connectivity index is 1.87. The molecule has 0 fully saturated rings. The number of benzene rings is 2. The monoisotopic (exact) mass is 312 g/mol. The maximum absolute atomic E-state index is 12.4. The molecule has 0 spiro atoms. The molecule has 2 nitrogen and oxygen atoms in total. The third kappa shape index (κ3) is 2.78. The van der Waals surface area contributed by atoms with Gasteiger partial charge in [0.2, 0.25) is 5.01 Å². The highest BCUT2D eigenvalue weighted by Crippen LogP contribution is 2.37. The molecule has 0 atom stereocenters. The van der Waals surface area contributed by atoms with Gasteiger partial charge in [-0.15, -0.1) is 10.2 Å². The molecule has 3 rings (SSSR count). The van der Waals surface area contributed by atoms with Crippen LogP contribution in [0.15, 0.2) is 51.7 Å². The summed E-state index contributed by atoms with van der Waals surface area (Å²) in [5.74, 6) is 0. The molecule has 0 saturated heterocycles. The van der Waals surface area contributed by atoms with Crippen molar-refractivity contribution >= 4 is 33.9 Å². The Morgan fingerprint density at radius 1 is 0.950 bits per heavy atom. The lowest BCUT2D eigenvalue weighted by Crippen LogP contribution is -2.03. The van der Waals surface area contributed by atoms with E-state index in [0.717, 1.165) is 15.7 Å². The Morgan fingerprint density at radius 2 is 1.70 bits per heavy atom. The maximum Gasteiger partial charge on any atom is 0.445 e. The fourth-order valence-corrected chi connectivity index (χ4v) is 3.44. The van der Waals surface area contributed by atoms with Crippen molar-refractivity contribution in [3.05, 3.63) is 47.5 Å². The Kier molecular flexibility index (Phi) is 3.39. The van der Waals surface area contributed by atoms with Crippen molar-refractivity contribution in [1.82, 2.24) is 10.2 Å². The highest BCUT2D eigenvalue weighted by Gasteiger charge is 2.35. The summed E-state index contributed by atoms with van der Waals surface area (Å²) in [7, 11) is 0. The van der Waals surface area contributed by atoms with E-state index in [4.69, 9.17) is 0 Å². The molecule has 0 unspecified atom stereocenters. The zero-order valence-electron chi connectivity index (χ0n) is 9.89. The molecule has 0 saturated carbocycles. The first-order valence-corrected chi connectivity index (χ1v) is 7.23. The molecule has 0 aliphatic rings. The van der Waals surface area contributed by atoms with Gasteiger partial charge >= 0.3 is 6.18 Å². The number of fused-ring (bicyclic) bond motifs is 1. The number of hydrogen-bond donors (Lipinski definition) is 0. The molecular weight excluding hydrogens is 305 g/mol. The summed E-state index contributed by atoms with van der Waals surface area (Å²) in [5.41, 5.74) is 0. The molecule has 0 aliphatic heterocycles. The Bertz CT molecular complexity index is 752. The predicted molar refractivity (Wildman–Crippen MR) is 73.0 cm³/mol. The van der Waals surface area contributed by atoms with Crippen molar-refractivity contribution in [3.8, 4) is 0 Å². The van der Waals surface area contributed by atoms with Gasteiger partial charge in [-0.3, -0.25) is 0 Å². The van der Waals surface area contributed by atoms with Gasteiger partial charge in [0.1, 0.15) is 0 Å². The average molecular weight is 312 g/mol. The van der Waals surface area contributed by atoms with E-state index in [-0.39, 0.29) is 4.34 Å². The van der Waals surface area contributed by atoms with Crippen LogP contribution in [0.3, 0.4) is 0 Å². The van der Waals surface area contributed by atoms with Crippen LogP contribution in [-0.4, -0.2) is 10.2 Å². The van der Waals surface area contributed by atoms with Crippen molar-refractivity contribution in [2.24, 2.45) is 0 Å². The number of aromatic nitrogens is 2. The smallest absolute Gasteiger partial charge is 0.164 e. The third-order valence-electron chi connectivity index (χ3n) is 2.58. The largest absolute Gasteiger partial charge is 0.445 e. The summed E-state index contributed by atoms with van der Waals surface area (Å²) in [5, 5.41) is 7.95. The topological polar surface area (TPSA) is 25.8 Å². The third-order valence-corrected chi connectivity index (χ3v) is 4.58. The van der Waals surface area contributed by atoms with Crippen molar-refractivity contribution in [2.75, 3.05) is 0 Å². The lowest BCUT2D eigenvalue weighted by molar-refractivity contribution is -0.138. The van der Waals surface area contributed by atoms with Crippen LogP contribution in [0.25, 0.3) is 10.8 Å². The summed E-state index contributed by atoms with van der Waals surface area (Å²) in [6.07, 6.45) is -4.43. The molecule has 7 heteroatoms. The van der Waals surface area contributed by atoms with Gasteiger partial charge in [0.25, 0.3) is 0 Å². The van der Waals surface area contributed by atoms with Gasteiger partial charge in [0.05, 0.1) is 0 Å². The predicted octanol–water partition coefficient (Wildman–Crippen LogP) is 4.86. The number of hydrogen-bond acceptors (Lipinski definition) is 4. The van der Waals surface area contributed by atoms with E-state index in [1.807, 2.05) is 42.5 Å². The van der Waals surface area contributed by atoms with Crippen LogP contribution >= 0.6 is 23.1 Å². The summed E-state index contributed by atoms with van der Waals surface area (Å²) in [6, 6.07) is 13.5. The highest BCUT2D eigenvalue weighted by atomic mass is 32.2. The molecule has 20 heavy (non-hydrogen) atoms. The van der Waals surface area contributed by atoms with Crippen LogP contribution in [0.4, 0.5) is 13.2 Å². The molecule has 0 bridgehead atoms. The molecule has 0 aliphatic carbocycles. The number of alkyl halides is 3. The second-order valence-corrected chi connectivity index (χ2v) is 6.28. The Hall–Kier alpha value is -1.60. The summed E-state index contributed by atoms with van der Waals surface area (Å²) < 4.78 is 37.6. The van der Waals surface area contributed by atoms with E-state index in [2.05, 4.69) is 10.2 Å². The summed E-state index contributed by atoms with van der Waals surface area (Å²) in [6.45, 7) is 0. The number of nitrogens with zero attached hydrogens (tertiary/aromatic N) is 2. The highest BCUT2D eigenvalue weighted by molar-refractivity contribution is 8.01. The van der Waals surface area contributed by atoms with Gasteiger partial charge in [-0.05, 0) is 22.9 Å². The minimum Gasteiger partial charge on any atom is -0.164 e. The fourth-order valence-electron chi connectivity index (χ4n) is 1.70. The first kappa shape index (κ1) is 13.4. The van der Waals surface area contributed by atoms with E-state index in [9.17, 15) is 13.2 Å². The summed E-state index contributed by atoms with van der Waals surface area (Å²) >= 11 is 1.74. The van der Waals surface area contributed by atoms with Crippen molar-refractivity contribution < 1.29 is 13.2 Å². The standard InChI is InChI=1S/C13H7F3N2S2/c14-13(15,16)11-17-18-12(20-11)19-10-6-5-8-3-1-2-4-9(8)7-10/h1-7H. The molecule has 0 N–H and O–H groups in total. The van der Waals surface area contributed by atoms with E-state index < -0.39 is 11.2 Å². The van der Waals surface area contributed by atoms with E-state index in [1.165, 1.54) is 11.8 Å². The Labute approximate surface area is 120 Å². The van der Waals surface area contributed by atoms with E-state index >= 15 is 0 Å². The van der Waals surface area contributed by atoms with Crippen molar-refractivity contribution in [1.29, 1.82) is 0 Å². The van der Waals surface area contributed by atoms with Crippen LogP contribution in [-0.2, 0) is 6.18 Å². The zero-order valence-corrected chi connectivity index (χ0v) is 11.5. The molecular formula is C13H7F3N2S2. The van der Waals surface area contributed by atoms with Gasteiger partial charge in [0.15, 0.2) is 4.34 Å². The number of halogens is 3. The van der Waals surface area contributed by atoms with Crippen LogP contribution in [0.2, 0.25) is 0 Å². The van der Waals surface area contributed by atoms with Gasteiger partial charge in [-0.1, -0.05) is 53.4 Å². The van der Waals surface area contributed by atoms with Crippen LogP contribution in [0, 0.1) is 0 Å². The molecule has 1 heterocycles. The maximum atomic E-state index is 12.4. The second kappa shape index (κ2) is 5.06. The normalized spacial score (nSPS) is 11.9. The van der Waals surface area contributed by atoms with Gasteiger partial charge in [0, 0.05) is 4.90 Å². The molecule has 2 aromatic carbocycles. The minimum absolute atomic E-state index is 0.285. The van der Waals surface area contributed by atoms with Crippen molar-refractivity contribution in [2.45, 2.75) is 15.4 Å². The van der Waals surface area contributed by atoms with Crippen LogP contribution in [0.1, 0.15) is 5.01 Å². The van der Waals surface area contributed by atoms with Crippen LogP contribution in [0.5, 0.6) is 0 Å². The van der Waals surface area contributed by atoms with Crippen LogP contribution < -0.4 is 0 Å². The molecule has 3 aromatic rings. The lowest BCUT2D eigenvalue weighted by Gasteiger charge is -2.01.